The molecule has 0 aliphatic rings. The van der Waals surface area contributed by atoms with Crippen molar-refractivity contribution in [1.82, 2.24) is 0 Å². The maximum absolute atomic E-state index is 12.1. The number of nitrogens with two attached hydrogens (primary N) is 1. The fraction of sp³-hybridized carbons (Fsp3) is 0.133. The molecule has 1 amide bonds. The van der Waals surface area contributed by atoms with Crippen LogP contribution in [0.5, 0.6) is 0 Å². The van der Waals surface area contributed by atoms with Gasteiger partial charge in [-0.15, -0.1) is 0 Å². The van der Waals surface area contributed by atoms with Crippen LogP contribution in [0.15, 0.2) is 42.5 Å². The summed E-state index contributed by atoms with van der Waals surface area (Å²) in [6.45, 7) is 1.84. The molecule has 0 saturated carbocycles. The smallest absolute Gasteiger partial charge is 0.245 e. The molecule has 1 unspecified atom stereocenters. The van der Waals surface area contributed by atoms with E-state index in [1.165, 1.54) is 0 Å². The molecule has 0 fully saturated rings. The second-order valence-corrected chi connectivity index (χ2v) is 5.27. The van der Waals surface area contributed by atoms with Crippen molar-refractivity contribution in [2.24, 2.45) is 5.73 Å². The number of aryl methyl sites for hydroxylation is 1. The zero-order valence-electron chi connectivity index (χ0n) is 10.9. The molecule has 0 aliphatic carbocycles. The number of hydrogen-bond donors (Lipinski definition) is 2. The van der Waals surface area contributed by atoms with Gasteiger partial charge in [-0.05, 0) is 30.2 Å². The van der Waals surface area contributed by atoms with Crippen molar-refractivity contribution < 1.29 is 4.79 Å². The van der Waals surface area contributed by atoms with E-state index in [-0.39, 0.29) is 5.91 Å². The van der Waals surface area contributed by atoms with E-state index in [4.69, 9.17) is 28.9 Å². The van der Waals surface area contributed by atoms with Gasteiger partial charge in [0.25, 0.3) is 0 Å². The maximum Gasteiger partial charge on any atom is 0.245 e. The molecule has 5 heteroatoms. The van der Waals surface area contributed by atoms with Crippen molar-refractivity contribution in [2.75, 3.05) is 5.32 Å². The van der Waals surface area contributed by atoms with E-state index in [1.807, 2.05) is 25.1 Å². The molecule has 1 atom stereocenters. The molecule has 0 aliphatic heterocycles. The number of carbonyl (C=O) groups is 1. The van der Waals surface area contributed by atoms with Gasteiger partial charge < -0.3 is 11.1 Å². The lowest BCUT2D eigenvalue weighted by Crippen LogP contribution is -2.27. The minimum atomic E-state index is -0.757. The minimum Gasteiger partial charge on any atom is -0.323 e. The Morgan fingerprint density at radius 1 is 1.15 bits per heavy atom. The van der Waals surface area contributed by atoms with E-state index in [0.29, 0.717) is 15.7 Å². The Kier molecular flexibility index (Phi) is 4.65. The van der Waals surface area contributed by atoms with Gasteiger partial charge in [0.2, 0.25) is 5.91 Å². The van der Waals surface area contributed by atoms with Crippen LogP contribution < -0.4 is 11.1 Å². The Bertz CT molecular complexity index is 629. The molecule has 2 rings (SSSR count). The van der Waals surface area contributed by atoms with E-state index < -0.39 is 6.04 Å². The quantitative estimate of drug-likeness (QED) is 0.902. The summed E-state index contributed by atoms with van der Waals surface area (Å²) in [7, 11) is 0. The van der Waals surface area contributed by atoms with Crippen LogP contribution in [0.4, 0.5) is 5.69 Å². The summed E-state index contributed by atoms with van der Waals surface area (Å²) >= 11 is 12.1. The van der Waals surface area contributed by atoms with Gasteiger partial charge >= 0.3 is 0 Å². The van der Waals surface area contributed by atoms with Gasteiger partial charge in [0.15, 0.2) is 0 Å². The maximum atomic E-state index is 12.1. The summed E-state index contributed by atoms with van der Waals surface area (Å²) in [6, 6.07) is 11.7. The summed E-state index contributed by atoms with van der Waals surface area (Å²) in [5.74, 6) is -0.335. The Labute approximate surface area is 127 Å². The lowest BCUT2D eigenvalue weighted by atomic mass is 10.1. The fourth-order valence-electron chi connectivity index (χ4n) is 1.76. The molecule has 0 saturated heterocycles. The molecular weight excluding hydrogens is 295 g/mol. The zero-order valence-corrected chi connectivity index (χ0v) is 12.4. The Hall–Kier alpha value is -1.55. The van der Waals surface area contributed by atoms with Gasteiger partial charge in [0, 0.05) is 5.02 Å². The summed E-state index contributed by atoms with van der Waals surface area (Å²) in [4.78, 5) is 12.1. The predicted molar refractivity (Wildman–Crippen MR) is 83.2 cm³/mol. The lowest BCUT2D eigenvalue weighted by Gasteiger charge is -2.14. The molecule has 20 heavy (non-hydrogen) atoms. The van der Waals surface area contributed by atoms with Crippen LogP contribution in [-0.2, 0) is 4.79 Å². The zero-order chi connectivity index (χ0) is 14.7. The minimum absolute atomic E-state index is 0.335. The number of anilines is 1. The largest absolute Gasteiger partial charge is 0.323 e. The molecule has 0 spiro atoms. The summed E-state index contributed by atoms with van der Waals surface area (Å²) in [5, 5.41) is 3.67. The molecule has 104 valence electrons. The number of hydrogen-bond acceptors (Lipinski definition) is 2. The molecule has 3 nitrogen and oxygen atoms in total. The summed E-state index contributed by atoms with van der Waals surface area (Å²) in [5.41, 5.74) is 7.96. The molecule has 2 aromatic rings. The number of halogens is 2. The van der Waals surface area contributed by atoms with Crippen molar-refractivity contribution in [1.29, 1.82) is 0 Å². The van der Waals surface area contributed by atoms with Crippen LogP contribution >= 0.6 is 23.2 Å². The monoisotopic (exact) mass is 308 g/mol. The first kappa shape index (κ1) is 14.9. The summed E-state index contributed by atoms with van der Waals surface area (Å²) < 4.78 is 0. The van der Waals surface area contributed by atoms with E-state index >= 15 is 0 Å². The van der Waals surface area contributed by atoms with Crippen molar-refractivity contribution in [3.8, 4) is 0 Å². The Balaban J connectivity index is 2.18. The van der Waals surface area contributed by atoms with E-state index in [2.05, 4.69) is 5.32 Å². The van der Waals surface area contributed by atoms with Gasteiger partial charge in [-0.1, -0.05) is 53.5 Å². The third kappa shape index (κ3) is 3.31. The first-order chi connectivity index (χ1) is 9.49. The van der Waals surface area contributed by atoms with Crippen molar-refractivity contribution in [3.05, 3.63) is 63.6 Å². The fourth-order valence-corrected chi connectivity index (χ4v) is 2.19. The van der Waals surface area contributed by atoms with Crippen LogP contribution in [-0.4, -0.2) is 5.91 Å². The van der Waals surface area contributed by atoms with Gasteiger partial charge in [-0.2, -0.15) is 0 Å². The first-order valence-electron chi connectivity index (χ1n) is 6.06. The first-order valence-corrected chi connectivity index (χ1v) is 6.81. The average molecular weight is 309 g/mol. The van der Waals surface area contributed by atoms with Gasteiger partial charge in [0.05, 0.1) is 10.7 Å². The third-order valence-electron chi connectivity index (χ3n) is 2.95. The predicted octanol–water partition coefficient (Wildman–Crippen LogP) is 3.94. The van der Waals surface area contributed by atoms with Crippen LogP contribution in [0.1, 0.15) is 17.2 Å². The molecule has 0 radical (unpaired) electrons. The number of amides is 1. The average Bonchev–Trinajstić information content (AvgIpc) is 2.44. The van der Waals surface area contributed by atoms with Gasteiger partial charge in [-0.25, -0.2) is 0 Å². The number of nitrogens with one attached hydrogen (secondary N) is 1. The molecule has 0 aromatic heterocycles. The standard InChI is InChI=1S/C15H14Cl2N2O/c1-9-7-12(17)13(8-11(9)16)19-15(20)14(18)10-5-3-2-4-6-10/h2-8,14H,18H2,1H3,(H,19,20). The molecule has 3 N–H and O–H groups in total. The van der Waals surface area contributed by atoms with E-state index in [0.717, 1.165) is 11.1 Å². The van der Waals surface area contributed by atoms with Crippen molar-refractivity contribution >= 4 is 34.8 Å². The number of carbonyl (C=O) groups excluding carboxylic acids is 1. The highest BCUT2D eigenvalue weighted by Gasteiger charge is 2.17. The molecule has 0 bridgehead atoms. The van der Waals surface area contributed by atoms with E-state index in [9.17, 15) is 4.79 Å². The second kappa shape index (κ2) is 6.27. The highest BCUT2D eigenvalue weighted by Crippen LogP contribution is 2.29. The Morgan fingerprint density at radius 2 is 1.80 bits per heavy atom. The highest BCUT2D eigenvalue weighted by atomic mass is 35.5. The third-order valence-corrected chi connectivity index (χ3v) is 3.67. The molecule has 2 aromatic carbocycles. The van der Waals surface area contributed by atoms with Crippen molar-refractivity contribution in [3.63, 3.8) is 0 Å². The van der Waals surface area contributed by atoms with Crippen LogP contribution in [0, 0.1) is 6.92 Å². The van der Waals surface area contributed by atoms with Crippen LogP contribution in [0.25, 0.3) is 0 Å². The Morgan fingerprint density at radius 3 is 2.45 bits per heavy atom. The molecule has 0 heterocycles. The van der Waals surface area contributed by atoms with E-state index in [1.54, 1.807) is 24.3 Å². The number of benzene rings is 2. The van der Waals surface area contributed by atoms with Crippen molar-refractivity contribution in [2.45, 2.75) is 13.0 Å². The number of rotatable bonds is 3. The molecular formula is C15H14Cl2N2O. The van der Waals surface area contributed by atoms with Crippen LogP contribution in [0.2, 0.25) is 10.0 Å². The summed E-state index contributed by atoms with van der Waals surface area (Å²) in [6.07, 6.45) is 0. The lowest BCUT2D eigenvalue weighted by molar-refractivity contribution is -0.117. The normalized spacial score (nSPS) is 12.0. The van der Waals surface area contributed by atoms with Gasteiger partial charge in [-0.3, -0.25) is 4.79 Å². The second-order valence-electron chi connectivity index (χ2n) is 4.46. The van der Waals surface area contributed by atoms with Gasteiger partial charge in [0.1, 0.15) is 6.04 Å². The SMILES string of the molecule is Cc1cc(Cl)c(NC(=O)C(N)c2ccccc2)cc1Cl. The highest BCUT2D eigenvalue weighted by molar-refractivity contribution is 6.36. The topological polar surface area (TPSA) is 55.1 Å². The van der Waals surface area contributed by atoms with Crippen LogP contribution in [0.3, 0.4) is 0 Å².